The fourth-order valence-electron chi connectivity index (χ4n) is 2.77. The normalized spacial score (nSPS) is 12.9. The molecule has 0 bridgehead atoms. The van der Waals surface area contributed by atoms with Gasteiger partial charge in [-0.2, -0.15) is 0 Å². The van der Waals surface area contributed by atoms with Crippen LogP contribution in [0.25, 0.3) is 0 Å². The predicted molar refractivity (Wildman–Crippen MR) is 112 cm³/mol. The zero-order chi connectivity index (χ0) is 20.9. The van der Waals surface area contributed by atoms with Gasteiger partial charge in [0.15, 0.2) is 0 Å². The average Bonchev–Trinajstić information content (AvgIpc) is 2.60. The lowest BCUT2D eigenvalue weighted by Gasteiger charge is -2.25. The van der Waals surface area contributed by atoms with E-state index in [0.717, 1.165) is 5.56 Å². The number of amides is 1. The minimum atomic E-state index is -0.757. The predicted octanol–water partition coefficient (Wildman–Crippen LogP) is 4.67. The van der Waals surface area contributed by atoms with Crippen LogP contribution in [0.2, 0.25) is 0 Å². The van der Waals surface area contributed by atoms with Gasteiger partial charge < -0.3 is 10.1 Å². The van der Waals surface area contributed by atoms with E-state index in [9.17, 15) is 9.59 Å². The Bertz CT molecular complexity index is 796. The minimum absolute atomic E-state index is 0.0601. The molecule has 0 heterocycles. The Morgan fingerprint density at radius 3 is 1.96 bits per heavy atom. The second kappa shape index (κ2) is 8.59. The molecular formula is C24H31NO3. The summed E-state index contributed by atoms with van der Waals surface area (Å²) in [6, 6.07) is 16.3. The summed E-state index contributed by atoms with van der Waals surface area (Å²) in [6.07, 6.45) is 0.373. The van der Waals surface area contributed by atoms with Gasteiger partial charge >= 0.3 is 5.97 Å². The van der Waals surface area contributed by atoms with Crippen molar-refractivity contribution >= 4 is 11.9 Å². The molecule has 2 aromatic rings. The molecule has 2 aromatic carbocycles. The molecule has 0 unspecified atom stereocenters. The van der Waals surface area contributed by atoms with Crippen LogP contribution in [0.3, 0.4) is 0 Å². The number of hydrogen-bond donors (Lipinski definition) is 1. The van der Waals surface area contributed by atoms with Gasteiger partial charge in [-0.3, -0.25) is 4.79 Å². The molecule has 0 aliphatic heterocycles. The summed E-state index contributed by atoms with van der Waals surface area (Å²) >= 11 is 0. The Kier molecular flexibility index (Phi) is 6.65. The van der Waals surface area contributed by atoms with Gasteiger partial charge in [0.05, 0.1) is 0 Å². The van der Waals surface area contributed by atoms with E-state index in [1.165, 1.54) is 5.56 Å². The molecule has 0 fully saturated rings. The Labute approximate surface area is 168 Å². The second-order valence-corrected chi connectivity index (χ2v) is 9.08. The van der Waals surface area contributed by atoms with Gasteiger partial charge in [-0.1, -0.05) is 63.2 Å². The number of benzene rings is 2. The van der Waals surface area contributed by atoms with Gasteiger partial charge in [0.25, 0.3) is 5.91 Å². The van der Waals surface area contributed by atoms with Crippen molar-refractivity contribution in [1.29, 1.82) is 0 Å². The van der Waals surface area contributed by atoms with Crippen molar-refractivity contribution < 1.29 is 14.3 Å². The molecule has 1 amide bonds. The average molecular weight is 382 g/mol. The van der Waals surface area contributed by atoms with Crippen LogP contribution in [0.5, 0.6) is 0 Å². The lowest BCUT2D eigenvalue weighted by atomic mass is 9.86. The number of hydrogen-bond acceptors (Lipinski definition) is 3. The fourth-order valence-corrected chi connectivity index (χ4v) is 2.77. The molecule has 0 saturated heterocycles. The van der Waals surface area contributed by atoms with Gasteiger partial charge in [-0.15, -0.1) is 0 Å². The van der Waals surface area contributed by atoms with E-state index < -0.39 is 17.6 Å². The summed E-state index contributed by atoms with van der Waals surface area (Å²) in [5, 5.41) is 2.84. The summed E-state index contributed by atoms with van der Waals surface area (Å²) in [5.41, 5.74) is 2.14. The molecule has 1 N–H and O–H groups in total. The molecule has 4 heteroatoms. The maximum Gasteiger partial charge on any atom is 0.329 e. The van der Waals surface area contributed by atoms with E-state index in [2.05, 4.69) is 38.2 Å². The minimum Gasteiger partial charge on any atom is -0.458 e. The van der Waals surface area contributed by atoms with Crippen LogP contribution >= 0.6 is 0 Å². The number of rotatable bonds is 5. The van der Waals surface area contributed by atoms with Gasteiger partial charge in [-0.25, -0.2) is 4.79 Å². The number of esters is 1. The zero-order valence-corrected chi connectivity index (χ0v) is 17.7. The molecule has 0 aromatic heterocycles. The van der Waals surface area contributed by atoms with E-state index in [0.29, 0.717) is 12.0 Å². The maximum absolute atomic E-state index is 12.7. The molecule has 150 valence electrons. The van der Waals surface area contributed by atoms with Gasteiger partial charge in [0.2, 0.25) is 0 Å². The van der Waals surface area contributed by atoms with Crippen molar-refractivity contribution in [3.8, 4) is 0 Å². The van der Waals surface area contributed by atoms with E-state index in [-0.39, 0.29) is 11.3 Å². The quantitative estimate of drug-likeness (QED) is 0.766. The van der Waals surface area contributed by atoms with Crippen LogP contribution in [-0.4, -0.2) is 23.5 Å². The number of nitrogens with one attached hydrogen (secondary N) is 1. The zero-order valence-electron chi connectivity index (χ0n) is 17.7. The molecule has 1 atom stereocenters. The van der Waals surface area contributed by atoms with Crippen molar-refractivity contribution in [2.45, 2.75) is 65.0 Å². The first-order chi connectivity index (χ1) is 13.0. The van der Waals surface area contributed by atoms with Crippen LogP contribution in [-0.2, 0) is 21.4 Å². The topological polar surface area (TPSA) is 55.4 Å². The first-order valence-electron chi connectivity index (χ1n) is 9.64. The monoisotopic (exact) mass is 381 g/mol. The summed E-state index contributed by atoms with van der Waals surface area (Å²) < 4.78 is 5.53. The highest BCUT2D eigenvalue weighted by molar-refractivity contribution is 5.96. The van der Waals surface area contributed by atoms with Crippen LogP contribution in [0.15, 0.2) is 54.6 Å². The molecule has 0 radical (unpaired) electrons. The molecule has 28 heavy (non-hydrogen) atoms. The van der Waals surface area contributed by atoms with Crippen LogP contribution < -0.4 is 5.32 Å². The number of ether oxygens (including phenoxy) is 1. The van der Waals surface area contributed by atoms with Crippen LogP contribution in [0.1, 0.15) is 63.0 Å². The molecule has 0 aliphatic rings. The molecule has 2 rings (SSSR count). The highest BCUT2D eigenvalue weighted by Crippen LogP contribution is 2.22. The fraction of sp³-hybridized carbons (Fsp3) is 0.417. The second-order valence-electron chi connectivity index (χ2n) is 9.08. The Hall–Kier alpha value is -2.62. The number of carbonyl (C=O) groups is 2. The highest BCUT2D eigenvalue weighted by atomic mass is 16.6. The Balaban J connectivity index is 2.20. The SMILES string of the molecule is CC(C)(C)OC(=O)[C@H](Cc1ccc(C(C)(C)C)cc1)NC(=O)c1ccccc1. The van der Waals surface area contributed by atoms with Crippen molar-refractivity contribution in [2.24, 2.45) is 0 Å². The van der Waals surface area contributed by atoms with Crippen molar-refractivity contribution in [1.82, 2.24) is 5.32 Å². The third kappa shape index (κ3) is 6.52. The maximum atomic E-state index is 12.7. The molecule has 0 saturated carbocycles. The number of carbonyl (C=O) groups excluding carboxylic acids is 2. The van der Waals surface area contributed by atoms with E-state index in [1.807, 2.05) is 39.0 Å². The van der Waals surface area contributed by atoms with Crippen molar-refractivity contribution in [3.63, 3.8) is 0 Å². The van der Waals surface area contributed by atoms with Crippen LogP contribution in [0, 0.1) is 0 Å². The highest BCUT2D eigenvalue weighted by Gasteiger charge is 2.27. The van der Waals surface area contributed by atoms with E-state index in [4.69, 9.17) is 4.74 Å². The van der Waals surface area contributed by atoms with E-state index in [1.54, 1.807) is 24.3 Å². The third-order valence-corrected chi connectivity index (χ3v) is 4.29. The lowest BCUT2D eigenvalue weighted by Crippen LogP contribution is -2.45. The summed E-state index contributed by atoms with van der Waals surface area (Å²) in [5.74, 6) is -0.723. The first-order valence-corrected chi connectivity index (χ1v) is 9.64. The van der Waals surface area contributed by atoms with Gasteiger partial charge in [0.1, 0.15) is 11.6 Å². The Morgan fingerprint density at radius 1 is 0.893 bits per heavy atom. The third-order valence-electron chi connectivity index (χ3n) is 4.29. The first kappa shape index (κ1) is 21.7. The summed E-state index contributed by atoms with van der Waals surface area (Å²) in [4.78, 5) is 25.3. The van der Waals surface area contributed by atoms with Gasteiger partial charge in [-0.05, 0) is 49.4 Å². The van der Waals surface area contributed by atoms with Crippen molar-refractivity contribution in [2.75, 3.05) is 0 Å². The standard InChI is InChI=1S/C24H31NO3/c1-23(2,3)19-14-12-17(13-15-19)16-20(22(27)28-24(4,5)6)25-21(26)18-10-8-7-9-11-18/h7-15,20H,16H2,1-6H3,(H,25,26)/t20-/m0/s1. The molecule has 4 nitrogen and oxygen atoms in total. The van der Waals surface area contributed by atoms with Crippen molar-refractivity contribution in [3.05, 3.63) is 71.3 Å². The van der Waals surface area contributed by atoms with Crippen LogP contribution in [0.4, 0.5) is 0 Å². The van der Waals surface area contributed by atoms with E-state index >= 15 is 0 Å². The molecule has 0 aliphatic carbocycles. The smallest absolute Gasteiger partial charge is 0.329 e. The lowest BCUT2D eigenvalue weighted by molar-refractivity contribution is -0.157. The molecule has 0 spiro atoms. The largest absolute Gasteiger partial charge is 0.458 e. The summed E-state index contributed by atoms with van der Waals surface area (Å²) in [6.45, 7) is 11.9. The molecular weight excluding hydrogens is 350 g/mol. The summed E-state index contributed by atoms with van der Waals surface area (Å²) in [7, 11) is 0. The van der Waals surface area contributed by atoms with Gasteiger partial charge in [0, 0.05) is 12.0 Å². The Morgan fingerprint density at radius 2 is 1.46 bits per heavy atom.